The van der Waals surface area contributed by atoms with Crippen LogP contribution in [-0.4, -0.2) is 30.3 Å². The number of ether oxygens (including phenoxy) is 1. The van der Waals surface area contributed by atoms with E-state index in [0.717, 1.165) is 18.9 Å². The number of morpholine rings is 1. The highest BCUT2D eigenvalue weighted by Crippen LogP contribution is 2.30. The van der Waals surface area contributed by atoms with E-state index < -0.39 is 0 Å². The molecule has 0 amide bonds. The highest BCUT2D eigenvalue weighted by Gasteiger charge is 2.38. The van der Waals surface area contributed by atoms with Crippen LogP contribution in [-0.2, 0) is 4.74 Å². The van der Waals surface area contributed by atoms with Gasteiger partial charge in [0.05, 0.1) is 24.1 Å². The fourth-order valence-corrected chi connectivity index (χ4v) is 2.13. The first-order valence-corrected chi connectivity index (χ1v) is 4.93. The SMILES string of the molecule is Nc1ccc(N2CC3CC(C2)O3)nc1. The van der Waals surface area contributed by atoms with Crippen LogP contribution in [0.5, 0.6) is 0 Å². The summed E-state index contributed by atoms with van der Waals surface area (Å²) in [5.41, 5.74) is 6.30. The number of hydrogen-bond acceptors (Lipinski definition) is 4. The van der Waals surface area contributed by atoms with E-state index in [1.165, 1.54) is 6.42 Å². The summed E-state index contributed by atoms with van der Waals surface area (Å²) in [6.45, 7) is 1.93. The first-order valence-electron chi connectivity index (χ1n) is 4.93. The molecule has 2 N–H and O–H groups in total. The van der Waals surface area contributed by atoms with Gasteiger partial charge in [0, 0.05) is 19.5 Å². The Morgan fingerprint density at radius 1 is 1.36 bits per heavy atom. The van der Waals surface area contributed by atoms with Gasteiger partial charge in [-0.1, -0.05) is 0 Å². The van der Waals surface area contributed by atoms with Gasteiger partial charge in [-0.05, 0) is 12.1 Å². The molecule has 1 aromatic heterocycles. The van der Waals surface area contributed by atoms with E-state index >= 15 is 0 Å². The molecular weight excluding hydrogens is 178 g/mol. The van der Waals surface area contributed by atoms with Crippen LogP contribution in [0.15, 0.2) is 18.3 Å². The molecule has 4 rings (SSSR count). The molecule has 3 aliphatic heterocycles. The summed E-state index contributed by atoms with van der Waals surface area (Å²) in [4.78, 5) is 6.57. The molecule has 2 bridgehead atoms. The van der Waals surface area contributed by atoms with Crippen molar-refractivity contribution in [2.45, 2.75) is 18.6 Å². The summed E-state index contributed by atoms with van der Waals surface area (Å²) >= 11 is 0. The van der Waals surface area contributed by atoms with Gasteiger partial charge in [-0.3, -0.25) is 0 Å². The minimum atomic E-state index is 0.424. The van der Waals surface area contributed by atoms with Crippen molar-refractivity contribution in [3.8, 4) is 0 Å². The Kier molecular flexibility index (Phi) is 1.64. The lowest BCUT2D eigenvalue weighted by atomic mass is 9.99. The highest BCUT2D eigenvalue weighted by atomic mass is 16.5. The van der Waals surface area contributed by atoms with Crippen LogP contribution in [0, 0.1) is 0 Å². The summed E-state index contributed by atoms with van der Waals surface area (Å²) in [6.07, 6.45) is 3.77. The quantitative estimate of drug-likeness (QED) is 0.707. The summed E-state index contributed by atoms with van der Waals surface area (Å²) in [5.74, 6) is 1.01. The third kappa shape index (κ3) is 1.23. The minimum absolute atomic E-state index is 0.424. The normalized spacial score (nSPS) is 29.9. The van der Waals surface area contributed by atoms with Crippen LogP contribution >= 0.6 is 0 Å². The first kappa shape index (κ1) is 8.05. The van der Waals surface area contributed by atoms with Crippen LogP contribution < -0.4 is 10.6 Å². The molecule has 14 heavy (non-hydrogen) atoms. The van der Waals surface area contributed by atoms with Gasteiger partial charge in [-0.15, -0.1) is 0 Å². The van der Waals surface area contributed by atoms with Crippen LogP contribution in [0.3, 0.4) is 0 Å². The Bertz CT molecular complexity index is 322. The fourth-order valence-electron chi connectivity index (χ4n) is 2.13. The number of nitrogen functional groups attached to an aromatic ring is 1. The van der Waals surface area contributed by atoms with E-state index in [4.69, 9.17) is 10.5 Å². The van der Waals surface area contributed by atoms with Crippen molar-refractivity contribution in [2.75, 3.05) is 23.7 Å². The van der Waals surface area contributed by atoms with Crippen LogP contribution in [0.25, 0.3) is 0 Å². The molecule has 3 aliphatic rings. The van der Waals surface area contributed by atoms with Gasteiger partial charge in [0.15, 0.2) is 0 Å². The Hall–Kier alpha value is -1.29. The van der Waals surface area contributed by atoms with Crippen LogP contribution in [0.2, 0.25) is 0 Å². The number of hydrogen-bond donors (Lipinski definition) is 1. The van der Waals surface area contributed by atoms with Crippen molar-refractivity contribution in [1.82, 2.24) is 4.98 Å². The van der Waals surface area contributed by atoms with Gasteiger partial charge < -0.3 is 15.4 Å². The number of nitrogens with two attached hydrogens (primary N) is 1. The van der Waals surface area contributed by atoms with E-state index in [9.17, 15) is 0 Å². The van der Waals surface area contributed by atoms with Crippen molar-refractivity contribution in [1.29, 1.82) is 0 Å². The second kappa shape index (κ2) is 2.85. The molecule has 2 unspecified atom stereocenters. The van der Waals surface area contributed by atoms with E-state index in [-0.39, 0.29) is 0 Å². The number of fused-ring (bicyclic) bond motifs is 2. The Morgan fingerprint density at radius 3 is 2.64 bits per heavy atom. The first-order chi connectivity index (χ1) is 6.81. The molecule has 0 aliphatic carbocycles. The summed E-state index contributed by atoms with van der Waals surface area (Å²) in [7, 11) is 0. The van der Waals surface area contributed by atoms with E-state index in [2.05, 4.69) is 9.88 Å². The Labute approximate surface area is 82.7 Å². The zero-order valence-corrected chi connectivity index (χ0v) is 7.89. The average molecular weight is 191 g/mol. The monoisotopic (exact) mass is 191 g/mol. The van der Waals surface area contributed by atoms with Crippen molar-refractivity contribution in [3.63, 3.8) is 0 Å². The predicted octanol–water partition coefficient (Wildman–Crippen LogP) is 0.641. The maximum Gasteiger partial charge on any atom is 0.128 e. The predicted molar refractivity (Wildman–Crippen MR) is 54.1 cm³/mol. The van der Waals surface area contributed by atoms with Gasteiger partial charge in [0.25, 0.3) is 0 Å². The van der Waals surface area contributed by atoms with E-state index in [1.54, 1.807) is 6.20 Å². The third-order valence-corrected chi connectivity index (χ3v) is 2.85. The van der Waals surface area contributed by atoms with Gasteiger partial charge in [0.2, 0.25) is 0 Å². The van der Waals surface area contributed by atoms with Crippen molar-refractivity contribution in [2.24, 2.45) is 0 Å². The number of rotatable bonds is 1. The molecule has 0 spiro atoms. The van der Waals surface area contributed by atoms with Gasteiger partial charge in [-0.25, -0.2) is 4.98 Å². The molecule has 3 saturated heterocycles. The topological polar surface area (TPSA) is 51.4 Å². The van der Waals surface area contributed by atoms with Gasteiger partial charge in [0.1, 0.15) is 5.82 Å². The molecule has 2 atom stereocenters. The zero-order chi connectivity index (χ0) is 9.54. The number of pyridine rings is 1. The Balaban J connectivity index is 1.79. The lowest BCUT2D eigenvalue weighted by Crippen LogP contribution is -2.57. The largest absolute Gasteiger partial charge is 0.397 e. The number of aromatic nitrogens is 1. The molecule has 0 aromatic carbocycles. The zero-order valence-electron chi connectivity index (χ0n) is 7.89. The fraction of sp³-hybridized carbons (Fsp3) is 0.500. The smallest absolute Gasteiger partial charge is 0.128 e. The lowest BCUT2D eigenvalue weighted by molar-refractivity contribution is -0.133. The lowest BCUT2D eigenvalue weighted by Gasteiger charge is -2.47. The van der Waals surface area contributed by atoms with Crippen LogP contribution in [0.4, 0.5) is 11.5 Å². The molecule has 4 nitrogen and oxygen atoms in total. The second-order valence-corrected chi connectivity index (χ2v) is 3.97. The van der Waals surface area contributed by atoms with Gasteiger partial charge in [-0.2, -0.15) is 0 Å². The number of anilines is 2. The second-order valence-electron chi connectivity index (χ2n) is 3.97. The number of piperidine rings is 1. The summed E-state index contributed by atoms with van der Waals surface area (Å²) in [6, 6.07) is 3.86. The number of nitrogens with zero attached hydrogens (tertiary/aromatic N) is 2. The van der Waals surface area contributed by atoms with Gasteiger partial charge >= 0.3 is 0 Å². The van der Waals surface area contributed by atoms with E-state index in [0.29, 0.717) is 17.9 Å². The molecule has 0 saturated carbocycles. The molecule has 74 valence electrons. The Morgan fingerprint density at radius 2 is 2.07 bits per heavy atom. The van der Waals surface area contributed by atoms with E-state index in [1.807, 2.05) is 12.1 Å². The van der Waals surface area contributed by atoms with Crippen LogP contribution in [0.1, 0.15) is 6.42 Å². The summed E-state index contributed by atoms with van der Waals surface area (Å²) < 4.78 is 5.56. The average Bonchev–Trinajstić information content (AvgIpc) is 2.18. The third-order valence-electron chi connectivity index (χ3n) is 2.85. The van der Waals surface area contributed by atoms with Crippen molar-refractivity contribution in [3.05, 3.63) is 18.3 Å². The molecule has 4 heteroatoms. The van der Waals surface area contributed by atoms with Crippen molar-refractivity contribution < 1.29 is 4.74 Å². The summed E-state index contributed by atoms with van der Waals surface area (Å²) in [5, 5.41) is 0. The highest BCUT2D eigenvalue weighted by molar-refractivity contribution is 5.46. The van der Waals surface area contributed by atoms with Crippen molar-refractivity contribution >= 4 is 11.5 Å². The molecular formula is C10H13N3O. The maximum absolute atomic E-state index is 5.59. The maximum atomic E-state index is 5.59. The molecule has 0 radical (unpaired) electrons. The molecule has 3 fully saturated rings. The molecule has 1 aromatic rings. The minimum Gasteiger partial charge on any atom is -0.397 e. The standard InChI is InChI=1S/C10H13N3O/c11-7-1-2-10(12-4-7)13-5-8-3-9(6-13)14-8/h1-2,4,8-9H,3,5-6,11H2. The molecule has 4 heterocycles.